The topological polar surface area (TPSA) is 38.7 Å². The van der Waals surface area contributed by atoms with Crippen LogP contribution in [0.2, 0.25) is 0 Å². The Morgan fingerprint density at radius 1 is 1.10 bits per heavy atom. The zero-order chi connectivity index (χ0) is 13.9. The summed E-state index contributed by atoms with van der Waals surface area (Å²) in [5.74, 6) is 0.538. The highest BCUT2D eigenvalue weighted by molar-refractivity contribution is 6.04. The van der Waals surface area contributed by atoms with Crippen molar-refractivity contribution in [2.24, 2.45) is 4.99 Å². The lowest BCUT2D eigenvalue weighted by Crippen LogP contribution is -2.24. The highest BCUT2D eigenvalue weighted by Gasteiger charge is 2.28. The van der Waals surface area contributed by atoms with E-state index in [1.165, 1.54) is 0 Å². The second kappa shape index (κ2) is 5.29. The van der Waals surface area contributed by atoms with Crippen LogP contribution >= 0.6 is 0 Å². The van der Waals surface area contributed by atoms with Crippen LogP contribution in [0.4, 0.5) is 0 Å². The highest BCUT2D eigenvalue weighted by atomic mass is 16.5. The number of aryl methyl sites for hydroxylation is 1. The van der Waals surface area contributed by atoms with Crippen LogP contribution in [-0.2, 0) is 4.74 Å². The number of ketones is 1. The molecule has 0 amide bonds. The van der Waals surface area contributed by atoms with E-state index in [1.807, 2.05) is 61.5 Å². The van der Waals surface area contributed by atoms with E-state index in [0.29, 0.717) is 18.0 Å². The summed E-state index contributed by atoms with van der Waals surface area (Å²) >= 11 is 0. The Kier molecular flexibility index (Phi) is 3.33. The molecule has 0 aromatic heterocycles. The molecule has 1 atom stereocenters. The monoisotopic (exact) mass is 265 g/mol. The minimum Gasteiger partial charge on any atom is -0.464 e. The van der Waals surface area contributed by atoms with E-state index in [0.717, 1.165) is 11.1 Å². The molecule has 2 aromatic carbocycles. The molecule has 1 heterocycles. The number of hydrogen-bond donors (Lipinski definition) is 0. The van der Waals surface area contributed by atoms with Crippen LogP contribution < -0.4 is 0 Å². The van der Waals surface area contributed by atoms with Crippen LogP contribution in [0.3, 0.4) is 0 Å². The molecule has 1 aliphatic rings. The van der Waals surface area contributed by atoms with Crippen LogP contribution in [0, 0.1) is 6.92 Å². The molecule has 0 spiro atoms. The molecule has 3 nitrogen and oxygen atoms in total. The molecule has 0 saturated carbocycles. The zero-order valence-electron chi connectivity index (χ0n) is 11.2. The van der Waals surface area contributed by atoms with Gasteiger partial charge in [-0.3, -0.25) is 4.79 Å². The van der Waals surface area contributed by atoms with Gasteiger partial charge in [0.05, 0.1) is 6.54 Å². The smallest absolute Gasteiger partial charge is 0.217 e. The number of benzene rings is 2. The van der Waals surface area contributed by atoms with Crippen LogP contribution in [0.5, 0.6) is 0 Å². The predicted octanol–water partition coefficient (Wildman–Crippen LogP) is 3.02. The summed E-state index contributed by atoms with van der Waals surface area (Å²) < 4.78 is 5.69. The van der Waals surface area contributed by atoms with E-state index < -0.39 is 6.10 Å². The summed E-state index contributed by atoms with van der Waals surface area (Å²) in [6.45, 7) is 2.38. The summed E-state index contributed by atoms with van der Waals surface area (Å²) in [4.78, 5) is 16.7. The SMILES string of the molecule is Cc1ccc(C(=O)C2CN=C(c3ccccc3)O2)cc1. The summed E-state index contributed by atoms with van der Waals surface area (Å²) in [5, 5.41) is 0. The number of rotatable bonds is 3. The first-order chi connectivity index (χ1) is 9.74. The van der Waals surface area contributed by atoms with E-state index >= 15 is 0 Å². The molecule has 0 radical (unpaired) electrons. The molecule has 0 fully saturated rings. The minimum absolute atomic E-state index is 0.0142. The number of hydrogen-bond acceptors (Lipinski definition) is 3. The molecule has 3 heteroatoms. The molecule has 0 saturated heterocycles. The Labute approximate surface area is 117 Å². The van der Waals surface area contributed by atoms with Gasteiger partial charge in [-0.15, -0.1) is 0 Å². The largest absolute Gasteiger partial charge is 0.464 e. The number of carbonyl (C=O) groups is 1. The fraction of sp³-hybridized carbons (Fsp3) is 0.176. The third-order valence-electron chi connectivity index (χ3n) is 3.30. The Morgan fingerprint density at radius 2 is 1.80 bits per heavy atom. The van der Waals surface area contributed by atoms with Crippen molar-refractivity contribution in [3.05, 3.63) is 71.3 Å². The molecule has 1 unspecified atom stereocenters. The van der Waals surface area contributed by atoms with Gasteiger partial charge in [0.25, 0.3) is 0 Å². The van der Waals surface area contributed by atoms with Crippen molar-refractivity contribution in [3.63, 3.8) is 0 Å². The van der Waals surface area contributed by atoms with Crippen molar-refractivity contribution in [1.29, 1.82) is 0 Å². The van der Waals surface area contributed by atoms with Gasteiger partial charge in [-0.25, -0.2) is 4.99 Å². The van der Waals surface area contributed by atoms with Crippen molar-refractivity contribution in [2.45, 2.75) is 13.0 Å². The fourth-order valence-electron chi connectivity index (χ4n) is 2.16. The van der Waals surface area contributed by atoms with E-state index in [2.05, 4.69) is 4.99 Å². The molecular formula is C17H15NO2. The summed E-state index contributed by atoms with van der Waals surface area (Å²) in [5.41, 5.74) is 2.71. The lowest BCUT2D eigenvalue weighted by atomic mass is 10.1. The average Bonchev–Trinajstić information content (AvgIpc) is 2.98. The molecule has 0 bridgehead atoms. The van der Waals surface area contributed by atoms with Gasteiger partial charge >= 0.3 is 0 Å². The second-order valence-electron chi connectivity index (χ2n) is 4.85. The normalized spacial score (nSPS) is 17.4. The van der Waals surface area contributed by atoms with Crippen molar-refractivity contribution < 1.29 is 9.53 Å². The Bertz CT molecular complexity index is 644. The maximum atomic E-state index is 12.3. The van der Waals surface area contributed by atoms with E-state index in [9.17, 15) is 4.79 Å². The minimum atomic E-state index is -0.507. The van der Waals surface area contributed by atoms with Crippen LogP contribution in [-0.4, -0.2) is 24.3 Å². The molecule has 0 N–H and O–H groups in total. The molecule has 3 rings (SSSR count). The third-order valence-corrected chi connectivity index (χ3v) is 3.30. The molecule has 20 heavy (non-hydrogen) atoms. The lowest BCUT2D eigenvalue weighted by molar-refractivity contribution is 0.0817. The van der Waals surface area contributed by atoms with Gasteiger partial charge in [-0.2, -0.15) is 0 Å². The van der Waals surface area contributed by atoms with Gasteiger partial charge in [0.1, 0.15) is 0 Å². The van der Waals surface area contributed by atoms with E-state index in [1.54, 1.807) is 0 Å². The van der Waals surface area contributed by atoms with Gasteiger partial charge in [0, 0.05) is 11.1 Å². The van der Waals surface area contributed by atoms with Gasteiger partial charge in [0.15, 0.2) is 6.10 Å². The lowest BCUT2D eigenvalue weighted by Gasteiger charge is -2.10. The maximum absolute atomic E-state index is 12.3. The molecular weight excluding hydrogens is 250 g/mol. The fourth-order valence-corrected chi connectivity index (χ4v) is 2.16. The van der Waals surface area contributed by atoms with Gasteiger partial charge < -0.3 is 4.74 Å². The molecule has 0 aliphatic carbocycles. The highest BCUT2D eigenvalue weighted by Crippen LogP contribution is 2.16. The first-order valence-corrected chi connectivity index (χ1v) is 6.61. The summed E-state index contributed by atoms with van der Waals surface area (Å²) in [7, 11) is 0. The molecule has 2 aromatic rings. The first-order valence-electron chi connectivity index (χ1n) is 6.61. The standard InChI is InChI=1S/C17H15NO2/c1-12-7-9-13(10-8-12)16(19)15-11-18-17(20-15)14-5-3-2-4-6-14/h2-10,15H,11H2,1H3. The molecule has 1 aliphatic heterocycles. The average molecular weight is 265 g/mol. The zero-order valence-corrected chi connectivity index (χ0v) is 11.2. The third kappa shape index (κ3) is 2.48. The van der Waals surface area contributed by atoms with Gasteiger partial charge in [-0.1, -0.05) is 48.0 Å². The van der Waals surface area contributed by atoms with Gasteiger partial charge in [-0.05, 0) is 19.1 Å². The number of Topliss-reactive ketones (excluding diaryl/α,β-unsaturated/α-hetero) is 1. The number of aliphatic imine (C=N–C) groups is 1. The summed E-state index contributed by atoms with van der Waals surface area (Å²) in [6.07, 6.45) is -0.507. The van der Waals surface area contributed by atoms with E-state index in [4.69, 9.17) is 4.74 Å². The molecule has 100 valence electrons. The van der Waals surface area contributed by atoms with E-state index in [-0.39, 0.29) is 5.78 Å². The van der Waals surface area contributed by atoms with Crippen LogP contribution in [0.15, 0.2) is 59.6 Å². The maximum Gasteiger partial charge on any atom is 0.217 e. The van der Waals surface area contributed by atoms with Crippen molar-refractivity contribution in [3.8, 4) is 0 Å². The number of carbonyl (C=O) groups excluding carboxylic acids is 1. The number of ether oxygens (including phenoxy) is 1. The Hall–Kier alpha value is -2.42. The van der Waals surface area contributed by atoms with Crippen LogP contribution in [0.25, 0.3) is 0 Å². The van der Waals surface area contributed by atoms with Crippen molar-refractivity contribution in [1.82, 2.24) is 0 Å². The summed E-state index contributed by atoms with van der Waals surface area (Å²) in [6, 6.07) is 17.2. The second-order valence-corrected chi connectivity index (χ2v) is 4.85. The Morgan fingerprint density at radius 3 is 2.50 bits per heavy atom. The first kappa shape index (κ1) is 12.6. The number of nitrogens with zero attached hydrogens (tertiary/aromatic N) is 1. The van der Waals surface area contributed by atoms with Crippen molar-refractivity contribution in [2.75, 3.05) is 6.54 Å². The van der Waals surface area contributed by atoms with Crippen LogP contribution in [0.1, 0.15) is 21.5 Å². The predicted molar refractivity (Wildman–Crippen MR) is 78.2 cm³/mol. The van der Waals surface area contributed by atoms with Crippen molar-refractivity contribution >= 4 is 11.7 Å². The quantitative estimate of drug-likeness (QED) is 0.800. The van der Waals surface area contributed by atoms with Gasteiger partial charge in [0.2, 0.25) is 11.7 Å². The Balaban J connectivity index is 1.73.